The topological polar surface area (TPSA) is 37.4 Å². The fraction of sp³-hybridized carbons (Fsp3) is 0.667. The molecule has 1 heterocycles. The molecule has 1 aliphatic heterocycles. The Morgan fingerprint density at radius 1 is 1.70 bits per heavy atom. The first-order valence-corrected chi connectivity index (χ1v) is 3.47. The predicted molar refractivity (Wildman–Crippen MR) is 39.3 cm³/mol. The lowest BCUT2D eigenvalue weighted by molar-refractivity contribution is -0.125. The zero-order valence-corrected chi connectivity index (χ0v) is 6.04. The summed E-state index contributed by atoms with van der Waals surface area (Å²) >= 11 is 0. The summed E-state index contributed by atoms with van der Waals surface area (Å²) in [5, 5.41) is 0. The van der Waals surface area contributed by atoms with E-state index in [1.165, 1.54) is 7.85 Å². The van der Waals surface area contributed by atoms with Gasteiger partial charge in [0.05, 0.1) is 6.04 Å². The van der Waals surface area contributed by atoms with Gasteiger partial charge in [-0.15, -0.1) is 0 Å². The Kier molecular flexibility index (Phi) is 2.09. The summed E-state index contributed by atoms with van der Waals surface area (Å²) in [6, 6.07) is -0.127. The Bertz CT molecular complexity index is 160. The van der Waals surface area contributed by atoms with Crippen molar-refractivity contribution in [3.63, 3.8) is 0 Å². The van der Waals surface area contributed by atoms with Crippen molar-refractivity contribution in [2.75, 3.05) is 6.54 Å². The number of nitrogens with zero attached hydrogens (tertiary/aromatic N) is 1. The highest BCUT2D eigenvalue weighted by Gasteiger charge is 2.25. The Balaban J connectivity index is 2.58. The fourth-order valence-corrected chi connectivity index (χ4v) is 1.35. The minimum atomic E-state index is -0.127. The molecule has 0 aromatic heterocycles. The van der Waals surface area contributed by atoms with E-state index in [0.717, 1.165) is 25.8 Å². The lowest BCUT2D eigenvalue weighted by Gasteiger charge is -2.16. The summed E-state index contributed by atoms with van der Waals surface area (Å²) in [5.74, 6) is 0. The maximum Gasteiger partial charge on any atom is 0.210 e. The van der Waals surface area contributed by atoms with Crippen molar-refractivity contribution < 1.29 is 9.59 Å². The highest BCUT2D eigenvalue weighted by molar-refractivity contribution is 6.59. The van der Waals surface area contributed by atoms with Gasteiger partial charge in [-0.3, -0.25) is 4.79 Å². The van der Waals surface area contributed by atoms with Crippen LogP contribution in [0.2, 0.25) is 0 Å². The van der Waals surface area contributed by atoms with Gasteiger partial charge in [0.15, 0.2) is 7.85 Å². The highest BCUT2D eigenvalue weighted by atomic mass is 16.1. The molecule has 0 aromatic carbocycles. The van der Waals surface area contributed by atoms with Crippen molar-refractivity contribution in [1.82, 2.24) is 4.90 Å². The first-order valence-electron chi connectivity index (χ1n) is 3.47. The van der Waals surface area contributed by atoms with E-state index in [-0.39, 0.29) is 11.7 Å². The van der Waals surface area contributed by atoms with Gasteiger partial charge in [-0.2, -0.15) is 0 Å². The van der Waals surface area contributed by atoms with Crippen LogP contribution in [0.3, 0.4) is 0 Å². The second-order valence-corrected chi connectivity index (χ2v) is 2.61. The Labute approximate surface area is 60.8 Å². The first-order chi connectivity index (χ1) is 4.75. The van der Waals surface area contributed by atoms with Gasteiger partial charge in [-0.1, -0.05) is 0 Å². The minimum Gasteiger partial charge on any atom is -0.336 e. The van der Waals surface area contributed by atoms with Crippen molar-refractivity contribution in [3.05, 3.63) is 0 Å². The van der Waals surface area contributed by atoms with E-state index in [4.69, 9.17) is 0 Å². The Morgan fingerprint density at radius 3 is 2.80 bits per heavy atom. The van der Waals surface area contributed by atoms with Crippen LogP contribution >= 0.6 is 0 Å². The van der Waals surface area contributed by atoms with Crippen LogP contribution in [-0.4, -0.2) is 37.4 Å². The Hall–Kier alpha value is -0.795. The average Bonchev–Trinajstić information content (AvgIpc) is 2.33. The number of hydrogen-bond donors (Lipinski definition) is 0. The number of carbonyl (C=O) groups is 2. The molecule has 0 bridgehead atoms. The van der Waals surface area contributed by atoms with E-state index >= 15 is 0 Å². The van der Waals surface area contributed by atoms with Crippen molar-refractivity contribution in [2.24, 2.45) is 0 Å². The van der Waals surface area contributed by atoms with E-state index in [1.807, 2.05) is 0 Å². The number of likely N-dealkylation sites (tertiary alicyclic amines) is 1. The third-order valence-corrected chi connectivity index (χ3v) is 1.90. The molecular formula is C6H10BNO2. The van der Waals surface area contributed by atoms with Gasteiger partial charge in [-0.25, -0.2) is 0 Å². The molecule has 1 atom stereocenters. The molecule has 1 saturated heterocycles. The normalized spacial score (nSPS) is 24.8. The third-order valence-electron chi connectivity index (χ3n) is 1.90. The number of rotatable bonds is 2. The lowest BCUT2D eigenvalue weighted by Crippen LogP contribution is -2.34. The summed E-state index contributed by atoms with van der Waals surface area (Å²) in [6.45, 7) is 0.744. The van der Waals surface area contributed by atoms with Crippen molar-refractivity contribution in [2.45, 2.75) is 18.9 Å². The van der Waals surface area contributed by atoms with E-state index in [1.54, 1.807) is 4.90 Å². The summed E-state index contributed by atoms with van der Waals surface area (Å²) in [4.78, 5) is 22.7. The number of carbonyl (C=O) groups excluding carboxylic acids is 2. The zero-order valence-electron chi connectivity index (χ0n) is 6.04. The summed E-state index contributed by atoms with van der Waals surface area (Å²) < 4.78 is 0. The van der Waals surface area contributed by atoms with Crippen LogP contribution in [-0.2, 0) is 9.59 Å². The van der Waals surface area contributed by atoms with Crippen LogP contribution in [0.1, 0.15) is 12.8 Å². The van der Waals surface area contributed by atoms with Gasteiger partial charge < -0.3 is 9.69 Å². The molecule has 1 unspecified atom stereocenters. The molecule has 1 aliphatic rings. The van der Waals surface area contributed by atoms with Crippen LogP contribution in [0, 0.1) is 0 Å². The molecule has 0 aromatic rings. The molecular weight excluding hydrogens is 129 g/mol. The fourth-order valence-electron chi connectivity index (χ4n) is 1.35. The quantitative estimate of drug-likeness (QED) is 0.354. The molecule has 0 spiro atoms. The van der Waals surface area contributed by atoms with Gasteiger partial charge in [-0.05, 0) is 12.8 Å². The smallest absolute Gasteiger partial charge is 0.210 e. The average molecular weight is 139 g/mol. The first kappa shape index (κ1) is 7.31. The molecule has 1 amide bonds. The molecule has 0 aliphatic carbocycles. The number of amides is 1. The monoisotopic (exact) mass is 139 g/mol. The SMILES string of the molecule is BC(=O)C1CCCN1C=O. The van der Waals surface area contributed by atoms with Crippen LogP contribution in [0.25, 0.3) is 0 Å². The largest absolute Gasteiger partial charge is 0.336 e. The minimum absolute atomic E-state index is 0.101. The molecule has 54 valence electrons. The summed E-state index contributed by atoms with van der Waals surface area (Å²) in [6.07, 6.45) is 2.57. The molecule has 0 N–H and O–H groups in total. The maximum atomic E-state index is 10.8. The van der Waals surface area contributed by atoms with Gasteiger partial charge in [0, 0.05) is 6.54 Å². The van der Waals surface area contributed by atoms with Gasteiger partial charge in [0.1, 0.15) is 5.68 Å². The van der Waals surface area contributed by atoms with Gasteiger partial charge >= 0.3 is 0 Å². The maximum absolute atomic E-state index is 10.8. The van der Waals surface area contributed by atoms with Crippen LogP contribution in [0.4, 0.5) is 0 Å². The van der Waals surface area contributed by atoms with Crippen molar-refractivity contribution in [1.29, 1.82) is 0 Å². The number of hydrogen-bond acceptors (Lipinski definition) is 2. The second-order valence-electron chi connectivity index (χ2n) is 2.61. The lowest BCUT2D eigenvalue weighted by atomic mass is 9.94. The predicted octanol–water partition coefficient (Wildman–Crippen LogP) is -1.23. The highest BCUT2D eigenvalue weighted by Crippen LogP contribution is 2.14. The van der Waals surface area contributed by atoms with E-state index in [2.05, 4.69) is 0 Å². The molecule has 0 radical (unpaired) electrons. The molecule has 1 fully saturated rings. The van der Waals surface area contributed by atoms with Gasteiger partial charge in [0.25, 0.3) is 0 Å². The molecule has 4 heteroatoms. The van der Waals surface area contributed by atoms with Crippen molar-refractivity contribution in [3.8, 4) is 0 Å². The summed E-state index contributed by atoms with van der Waals surface area (Å²) in [5.41, 5.74) is 0.101. The standard InChI is InChI=1S/C6H10BNO2/c7-6(10)5-2-1-3-8(5)4-9/h4-5H,1-3,7H2. The van der Waals surface area contributed by atoms with Crippen LogP contribution < -0.4 is 0 Å². The third kappa shape index (κ3) is 1.20. The van der Waals surface area contributed by atoms with Crippen LogP contribution in [0.5, 0.6) is 0 Å². The van der Waals surface area contributed by atoms with Gasteiger partial charge in [0.2, 0.25) is 6.41 Å². The zero-order chi connectivity index (χ0) is 7.56. The van der Waals surface area contributed by atoms with Crippen LogP contribution in [0.15, 0.2) is 0 Å². The molecule has 0 saturated carbocycles. The molecule has 3 nitrogen and oxygen atoms in total. The second kappa shape index (κ2) is 2.86. The Morgan fingerprint density at radius 2 is 2.40 bits per heavy atom. The van der Waals surface area contributed by atoms with Crippen molar-refractivity contribution >= 4 is 19.9 Å². The van der Waals surface area contributed by atoms with E-state index in [9.17, 15) is 9.59 Å². The summed E-state index contributed by atoms with van der Waals surface area (Å²) in [7, 11) is 1.53. The molecule has 10 heavy (non-hydrogen) atoms. The van der Waals surface area contributed by atoms with E-state index < -0.39 is 0 Å². The molecule has 1 rings (SSSR count). The van der Waals surface area contributed by atoms with E-state index in [0.29, 0.717) is 0 Å².